The third-order valence-electron chi connectivity index (χ3n) is 3.18. The maximum atomic E-state index is 12.0. The lowest BCUT2D eigenvalue weighted by Crippen LogP contribution is -2.34. The molecule has 7 nitrogen and oxygen atoms in total. The van der Waals surface area contributed by atoms with Crippen LogP contribution in [-0.4, -0.2) is 46.1 Å². The summed E-state index contributed by atoms with van der Waals surface area (Å²) in [6, 6.07) is 4.60. The van der Waals surface area contributed by atoms with E-state index in [0.717, 1.165) is 0 Å². The summed E-state index contributed by atoms with van der Waals surface area (Å²) in [7, 11) is 1.61. The number of ether oxygens (including phenoxy) is 1. The summed E-state index contributed by atoms with van der Waals surface area (Å²) in [4.78, 5) is 14.6. The molecule has 1 aromatic carbocycles. The van der Waals surface area contributed by atoms with Gasteiger partial charge in [-0.05, 0) is 18.2 Å². The molecule has 2 aromatic rings. The summed E-state index contributed by atoms with van der Waals surface area (Å²) in [5.74, 6) is 0.477. The number of aliphatic hydroxyl groups is 1. The third-order valence-corrected chi connectivity index (χ3v) is 4.60. The van der Waals surface area contributed by atoms with E-state index < -0.39 is 6.23 Å². The number of aliphatic hydroxyl groups excluding tert-OH is 1. The summed E-state index contributed by atoms with van der Waals surface area (Å²) in [5, 5.41) is 19.6. The predicted molar refractivity (Wildman–Crippen MR) is 87.2 cm³/mol. The highest BCUT2D eigenvalue weighted by atomic mass is 35.5. The molecule has 1 unspecified atom stereocenters. The van der Waals surface area contributed by atoms with Gasteiger partial charge in [0.05, 0.1) is 11.6 Å². The fourth-order valence-corrected chi connectivity index (χ4v) is 3.31. The Balaban J connectivity index is 1.69. The van der Waals surface area contributed by atoms with Gasteiger partial charge >= 0.3 is 6.03 Å². The van der Waals surface area contributed by atoms with Crippen molar-refractivity contribution < 1.29 is 14.6 Å². The highest BCUT2D eigenvalue weighted by Gasteiger charge is 2.37. The number of urea groups is 1. The number of carbonyl (C=O) groups is 1. The minimum Gasteiger partial charge on any atom is -0.485 e. The van der Waals surface area contributed by atoms with Gasteiger partial charge in [0.2, 0.25) is 5.13 Å². The molecule has 1 saturated heterocycles. The van der Waals surface area contributed by atoms with Crippen LogP contribution in [0.15, 0.2) is 18.2 Å². The van der Waals surface area contributed by atoms with E-state index >= 15 is 0 Å². The number of hydrogen-bond donors (Lipinski definition) is 1. The molecule has 0 spiro atoms. The van der Waals surface area contributed by atoms with Gasteiger partial charge in [0, 0.05) is 12.1 Å². The fourth-order valence-electron chi connectivity index (χ4n) is 2.06. The van der Waals surface area contributed by atoms with Crippen LogP contribution < -0.4 is 9.64 Å². The van der Waals surface area contributed by atoms with Crippen LogP contribution in [0.2, 0.25) is 10.0 Å². The van der Waals surface area contributed by atoms with E-state index in [2.05, 4.69) is 10.2 Å². The van der Waals surface area contributed by atoms with Crippen LogP contribution in [0.1, 0.15) is 5.01 Å². The molecule has 10 heteroatoms. The van der Waals surface area contributed by atoms with Crippen molar-refractivity contribution in [1.82, 2.24) is 15.1 Å². The average Bonchev–Trinajstić information content (AvgIpc) is 3.03. The molecule has 3 rings (SSSR count). The SMILES string of the molecule is CN1CC(O)N(c2nnc(COc3ccc(Cl)cc3Cl)s2)C1=O. The fraction of sp³-hybridized carbons (Fsp3) is 0.308. The lowest BCUT2D eigenvalue weighted by atomic mass is 10.3. The summed E-state index contributed by atoms with van der Waals surface area (Å²) >= 11 is 13.0. The predicted octanol–water partition coefficient (Wildman–Crippen LogP) is 2.61. The third kappa shape index (κ3) is 3.35. The zero-order valence-electron chi connectivity index (χ0n) is 11.9. The number of amides is 2. The minimum atomic E-state index is -0.931. The second-order valence-corrected chi connectivity index (χ2v) is 6.74. The maximum Gasteiger partial charge on any atom is 0.328 e. The normalized spacial score (nSPS) is 17.9. The molecule has 122 valence electrons. The van der Waals surface area contributed by atoms with Crippen molar-refractivity contribution in [3.05, 3.63) is 33.3 Å². The Kier molecular flexibility index (Phi) is 4.58. The minimum absolute atomic E-state index is 0.146. The summed E-state index contributed by atoms with van der Waals surface area (Å²) < 4.78 is 5.57. The van der Waals surface area contributed by atoms with Crippen molar-refractivity contribution in [2.45, 2.75) is 12.8 Å². The number of β-amino-alcohol motifs (C(OH)–C–C–N with tert-alkyl or cyclic N) is 1. The number of hydrogen-bond acceptors (Lipinski definition) is 6. The lowest BCUT2D eigenvalue weighted by Gasteiger charge is -2.14. The van der Waals surface area contributed by atoms with Crippen LogP contribution in [-0.2, 0) is 6.61 Å². The Bertz CT molecular complexity index is 742. The zero-order valence-corrected chi connectivity index (χ0v) is 14.3. The van der Waals surface area contributed by atoms with Crippen LogP contribution in [0.4, 0.5) is 9.93 Å². The standard InChI is InChI=1S/C13H12Cl2N4O3S/c1-18-5-11(20)19(13(18)21)12-17-16-10(23-12)6-22-9-3-2-7(14)4-8(9)15/h2-4,11,20H,5-6H2,1H3. The quantitative estimate of drug-likeness (QED) is 0.889. The maximum absolute atomic E-state index is 12.0. The Morgan fingerprint density at radius 3 is 2.87 bits per heavy atom. The Morgan fingerprint density at radius 1 is 1.43 bits per heavy atom. The number of carbonyl (C=O) groups excluding carboxylic acids is 1. The largest absolute Gasteiger partial charge is 0.485 e. The molecule has 23 heavy (non-hydrogen) atoms. The highest BCUT2D eigenvalue weighted by Crippen LogP contribution is 2.30. The number of halogens is 2. The monoisotopic (exact) mass is 374 g/mol. The van der Waals surface area contributed by atoms with Crippen molar-refractivity contribution in [1.29, 1.82) is 0 Å². The second kappa shape index (κ2) is 6.48. The molecule has 1 aromatic heterocycles. The molecule has 0 bridgehead atoms. The molecule has 1 fully saturated rings. The van der Waals surface area contributed by atoms with Crippen LogP contribution in [0.5, 0.6) is 5.75 Å². The van der Waals surface area contributed by atoms with Crippen molar-refractivity contribution >= 4 is 45.7 Å². The molecule has 1 atom stereocenters. The summed E-state index contributed by atoms with van der Waals surface area (Å²) in [6.07, 6.45) is -0.931. The summed E-state index contributed by atoms with van der Waals surface area (Å²) in [6.45, 7) is 0.373. The van der Waals surface area contributed by atoms with E-state index in [-0.39, 0.29) is 19.2 Å². The number of rotatable bonds is 4. The van der Waals surface area contributed by atoms with E-state index in [4.69, 9.17) is 27.9 Å². The van der Waals surface area contributed by atoms with Gasteiger partial charge in [-0.2, -0.15) is 0 Å². The van der Waals surface area contributed by atoms with Crippen LogP contribution in [0.25, 0.3) is 0 Å². The number of anilines is 1. The van der Waals surface area contributed by atoms with Crippen LogP contribution in [0.3, 0.4) is 0 Å². The molecule has 1 N–H and O–H groups in total. The van der Waals surface area contributed by atoms with E-state index in [1.165, 1.54) is 21.1 Å². The number of nitrogens with zero attached hydrogens (tertiary/aromatic N) is 4. The first-order valence-corrected chi connectivity index (χ1v) is 8.15. The molecule has 1 aliphatic heterocycles. The Morgan fingerprint density at radius 2 is 2.22 bits per heavy atom. The van der Waals surface area contributed by atoms with E-state index in [1.54, 1.807) is 25.2 Å². The first kappa shape index (κ1) is 16.3. The number of aromatic nitrogens is 2. The highest BCUT2D eigenvalue weighted by molar-refractivity contribution is 7.15. The molecule has 0 saturated carbocycles. The molecular weight excluding hydrogens is 363 g/mol. The van der Waals surface area contributed by atoms with Crippen LogP contribution in [0, 0.1) is 0 Å². The van der Waals surface area contributed by atoms with Gasteiger partial charge in [-0.3, -0.25) is 0 Å². The molecular formula is C13H12Cl2N4O3S. The van der Waals surface area contributed by atoms with E-state index in [1.807, 2.05) is 0 Å². The average molecular weight is 375 g/mol. The summed E-state index contributed by atoms with van der Waals surface area (Å²) in [5.41, 5.74) is 0. The second-order valence-electron chi connectivity index (χ2n) is 4.86. The van der Waals surface area contributed by atoms with Gasteiger partial charge in [-0.15, -0.1) is 10.2 Å². The van der Waals surface area contributed by atoms with Crippen molar-refractivity contribution in [2.75, 3.05) is 18.5 Å². The Hall–Kier alpha value is -1.61. The first-order valence-electron chi connectivity index (χ1n) is 6.58. The van der Waals surface area contributed by atoms with E-state index in [0.29, 0.717) is 25.9 Å². The molecule has 2 amide bonds. The van der Waals surface area contributed by atoms with Crippen LogP contribution >= 0.6 is 34.5 Å². The molecule has 2 heterocycles. The smallest absolute Gasteiger partial charge is 0.328 e. The van der Waals surface area contributed by atoms with Gasteiger partial charge in [-0.1, -0.05) is 34.5 Å². The van der Waals surface area contributed by atoms with Gasteiger partial charge in [0.1, 0.15) is 12.4 Å². The zero-order chi connectivity index (χ0) is 16.6. The number of likely N-dealkylation sites (N-methyl/N-ethyl adjacent to an activating group) is 1. The van der Waals surface area contributed by atoms with Crippen molar-refractivity contribution in [3.63, 3.8) is 0 Å². The van der Waals surface area contributed by atoms with Gasteiger partial charge in [0.15, 0.2) is 11.2 Å². The topological polar surface area (TPSA) is 78.8 Å². The van der Waals surface area contributed by atoms with Crippen molar-refractivity contribution in [2.24, 2.45) is 0 Å². The molecule has 1 aliphatic rings. The van der Waals surface area contributed by atoms with Crippen molar-refractivity contribution in [3.8, 4) is 5.75 Å². The van der Waals surface area contributed by atoms with E-state index in [9.17, 15) is 9.90 Å². The van der Waals surface area contributed by atoms with Gasteiger partial charge in [-0.25, -0.2) is 9.69 Å². The van der Waals surface area contributed by atoms with Gasteiger partial charge in [0.25, 0.3) is 0 Å². The van der Waals surface area contributed by atoms with Gasteiger partial charge < -0.3 is 14.7 Å². The lowest BCUT2D eigenvalue weighted by molar-refractivity contribution is 0.183. The first-order chi connectivity index (χ1) is 11.0. The molecule has 0 radical (unpaired) electrons. The Labute approximate surface area is 146 Å². The number of benzene rings is 1. The molecule has 0 aliphatic carbocycles.